The molecule has 0 unspecified atom stereocenters. The second-order valence-electron chi connectivity index (χ2n) is 2.69. The molecule has 0 bridgehead atoms. The van der Waals surface area contributed by atoms with Gasteiger partial charge in [0, 0.05) is 19.8 Å². The molecule has 0 aliphatic heterocycles. The zero-order valence-electron chi connectivity index (χ0n) is 7.60. The van der Waals surface area contributed by atoms with Crippen LogP contribution in [0.3, 0.4) is 0 Å². The third-order valence-electron chi connectivity index (χ3n) is 1.86. The van der Waals surface area contributed by atoms with Crippen molar-refractivity contribution in [2.24, 2.45) is 0 Å². The summed E-state index contributed by atoms with van der Waals surface area (Å²) >= 11 is 0. The number of benzene rings is 1. The van der Waals surface area contributed by atoms with Gasteiger partial charge in [-0.25, -0.2) is 0 Å². The van der Waals surface area contributed by atoms with Gasteiger partial charge in [0.25, 0.3) is 0 Å². The number of anilines is 2. The predicted molar refractivity (Wildman–Crippen MR) is 51.9 cm³/mol. The molecule has 0 radical (unpaired) electrons. The quantitative estimate of drug-likeness (QED) is 0.463. The van der Waals surface area contributed by atoms with E-state index in [9.17, 15) is 5.11 Å². The highest BCUT2D eigenvalue weighted by atomic mass is 16.3. The molecule has 0 aliphatic rings. The zero-order valence-corrected chi connectivity index (χ0v) is 7.60. The largest absolute Gasteiger partial charge is 0.506 e. The van der Waals surface area contributed by atoms with Crippen LogP contribution in [0.1, 0.15) is 5.56 Å². The predicted octanol–water partition coefficient (Wildman–Crippen LogP) is 1.78. The molecular formula is C9H14N2O. The van der Waals surface area contributed by atoms with Crippen LogP contribution in [0.5, 0.6) is 5.75 Å². The Balaban J connectivity index is 3.19. The maximum Gasteiger partial charge on any atom is 0.141 e. The standard InChI is InChI=1S/C9H14N2O/c1-6-4-7(10-2)5-8(11-3)9(6)12/h4-5,10-12H,1-3H3. The van der Waals surface area contributed by atoms with Crippen molar-refractivity contribution in [2.75, 3.05) is 24.7 Å². The number of aromatic hydroxyl groups is 1. The Morgan fingerprint density at radius 3 is 2.33 bits per heavy atom. The average molecular weight is 166 g/mol. The van der Waals surface area contributed by atoms with E-state index in [2.05, 4.69) is 10.6 Å². The number of aryl methyl sites for hydroxylation is 1. The Morgan fingerprint density at radius 1 is 1.17 bits per heavy atom. The van der Waals surface area contributed by atoms with Crippen molar-refractivity contribution in [2.45, 2.75) is 6.92 Å². The van der Waals surface area contributed by atoms with E-state index in [1.54, 1.807) is 7.05 Å². The van der Waals surface area contributed by atoms with E-state index in [1.807, 2.05) is 26.1 Å². The minimum absolute atomic E-state index is 0.316. The van der Waals surface area contributed by atoms with Crippen LogP contribution in [0, 0.1) is 6.92 Å². The van der Waals surface area contributed by atoms with E-state index < -0.39 is 0 Å². The first-order chi connectivity index (χ1) is 5.69. The third kappa shape index (κ3) is 1.44. The number of hydrogen-bond acceptors (Lipinski definition) is 3. The Morgan fingerprint density at radius 2 is 1.83 bits per heavy atom. The molecule has 66 valence electrons. The summed E-state index contributed by atoms with van der Waals surface area (Å²) in [6.45, 7) is 1.87. The topological polar surface area (TPSA) is 44.3 Å². The molecular weight excluding hydrogens is 152 g/mol. The van der Waals surface area contributed by atoms with Crippen molar-refractivity contribution in [3.8, 4) is 5.75 Å². The van der Waals surface area contributed by atoms with Crippen LogP contribution in [-0.2, 0) is 0 Å². The van der Waals surface area contributed by atoms with Gasteiger partial charge in [-0.3, -0.25) is 0 Å². The van der Waals surface area contributed by atoms with Gasteiger partial charge in [0.05, 0.1) is 5.69 Å². The van der Waals surface area contributed by atoms with Crippen LogP contribution in [0.25, 0.3) is 0 Å². The zero-order chi connectivity index (χ0) is 9.14. The minimum atomic E-state index is 0.316. The lowest BCUT2D eigenvalue weighted by Gasteiger charge is -2.09. The van der Waals surface area contributed by atoms with Crippen molar-refractivity contribution < 1.29 is 5.11 Å². The number of phenolic OH excluding ortho intramolecular Hbond substituents is 1. The van der Waals surface area contributed by atoms with Crippen molar-refractivity contribution in [1.82, 2.24) is 0 Å². The Labute approximate surface area is 72.4 Å². The molecule has 0 aliphatic carbocycles. The van der Waals surface area contributed by atoms with E-state index in [4.69, 9.17) is 0 Å². The summed E-state index contributed by atoms with van der Waals surface area (Å²) in [5, 5.41) is 15.5. The summed E-state index contributed by atoms with van der Waals surface area (Å²) in [5.74, 6) is 0.316. The lowest BCUT2D eigenvalue weighted by atomic mass is 10.1. The molecule has 3 heteroatoms. The second kappa shape index (κ2) is 3.34. The number of nitrogens with one attached hydrogen (secondary N) is 2. The third-order valence-corrected chi connectivity index (χ3v) is 1.86. The van der Waals surface area contributed by atoms with Crippen molar-refractivity contribution in [3.63, 3.8) is 0 Å². The van der Waals surface area contributed by atoms with E-state index >= 15 is 0 Å². The van der Waals surface area contributed by atoms with Gasteiger partial charge < -0.3 is 15.7 Å². The molecule has 1 aromatic rings. The summed E-state index contributed by atoms with van der Waals surface area (Å²) in [6.07, 6.45) is 0. The number of hydrogen-bond donors (Lipinski definition) is 3. The van der Waals surface area contributed by atoms with Crippen LogP contribution in [0.2, 0.25) is 0 Å². The lowest BCUT2D eigenvalue weighted by Crippen LogP contribution is -1.94. The fraction of sp³-hybridized carbons (Fsp3) is 0.333. The fourth-order valence-electron chi connectivity index (χ4n) is 1.11. The van der Waals surface area contributed by atoms with Crippen molar-refractivity contribution >= 4 is 11.4 Å². The van der Waals surface area contributed by atoms with Gasteiger partial charge in [-0.15, -0.1) is 0 Å². The van der Waals surface area contributed by atoms with Gasteiger partial charge in [-0.05, 0) is 24.6 Å². The van der Waals surface area contributed by atoms with Crippen LogP contribution >= 0.6 is 0 Å². The molecule has 12 heavy (non-hydrogen) atoms. The fourth-order valence-corrected chi connectivity index (χ4v) is 1.11. The SMILES string of the molecule is CNc1cc(C)c(O)c(NC)c1. The van der Waals surface area contributed by atoms with Crippen molar-refractivity contribution in [1.29, 1.82) is 0 Å². The van der Waals surface area contributed by atoms with Gasteiger partial charge in [-0.2, -0.15) is 0 Å². The highest BCUT2D eigenvalue weighted by Crippen LogP contribution is 2.30. The maximum atomic E-state index is 9.53. The molecule has 0 saturated heterocycles. The smallest absolute Gasteiger partial charge is 0.141 e. The first kappa shape index (κ1) is 8.71. The molecule has 0 saturated carbocycles. The Kier molecular flexibility index (Phi) is 2.43. The summed E-state index contributed by atoms with van der Waals surface area (Å²) < 4.78 is 0. The van der Waals surface area contributed by atoms with Crippen LogP contribution < -0.4 is 10.6 Å². The van der Waals surface area contributed by atoms with Gasteiger partial charge in [-0.1, -0.05) is 0 Å². The summed E-state index contributed by atoms with van der Waals surface area (Å²) in [7, 11) is 3.64. The normalized spacial score (nSPS) is 9.58. The van der Waals surface area contributed by atoms with Gasteiger partial charge in [0.1, 0.15) is 5.75 Å². The first-order valence-electron chi connectivity index (χ1n) is 3.88. The maximum absolute atomic E-state index is 9.53. The van der Waals surface area contributed by atoms with E-state index in [0.29, 0.717) is 5.75 Å². The monoisotopic (exact) mass is 166 g/mol. The summed E-state index contributed by atoms with van der Waals surface area (Å²) in [5.41, 5.74) is 2.61. The Hall–Kier alpha value is -1.38. The molecule has 1 aromatic carbocycles. The van der Waals surface area contributed by atoms with Gasteiger partial charge in [0.15, 0.2) is 0 Å². The van der Waals surface area contributed by atoms with E-state index in [-0.39, 0.29) is 0 Å². The van der Waals surface area contributed by atoms with Crippen LogP contribution in [-0.4, -0.2) is 19.2 Å². The molecule has 0 spiro atoms. The van der Waals surface area contributed by atoms with E-state index in [1.165, 1.54) is 0 Å². The average Bonchev–Trinajstić information content (AvgIpc) is 2.09. The van der Waals surface area contributed by atoms with Crippen LogP contribution in [0.4, 0.5) is 11.4 Å². The molecule has 0 atom stereocenters. The minimum Gasteiger partial charge on any atom is -0.506 e. The molecule has 3 N–H and O–H groups in total. The molecule has 0 fully saturated rings. The molecule has 1 rings (SSSR count). The summed E-state index contributed by atoms with van der Waals surface area (Å²) in [4.78, 5) is 0. The lowest BCUT2D eigenvalue weighted by molar-refractivity contribution is 0.473. The number of phenols is 1. The van der Waals surface area contributed by atoms with Crippen LogP contribution in [0.15, 0.2) is 12.1 Å². The highest BCUT2D eigenvalue weighted by molar-refractivity contribution is 5.67. The molecule has 0 amide bonds. The molecule has 0 aromatic heterocycles. The van der Waals surface area contributed by atoms with Crippen molar-refractivity contribution in [3.05, 3.63) is 17.7 Å². The molecule has 3 nitrogen and oxygen atoms in total. The van der Waals surface area contributed by atoms with Gasteiger partial charge in [0.2, 0.25) is 0 Å². The first-order valence-corrected chi connectivity index (χ1v) is 3.88. The highest BCUT2D eigenvalue weighted by Gasteiger charge is 2.03. The Bertz CT molecular complexity index is 284. The van der Waals surface area contributed by atoms with E-state index in [0.717, 1.165) is 16.9 Å². The second-order valence-corrected chi connectivity index (χ2v) is 2.69. The summed E-state index contributed by atoms with van der Waals surface area (Å²) in [6, 6.07) is 3.76. The van der Waals surface area contributed by atoms with Gasteiger partial charge >= 0.3 is 0 Å². The number of rotatable bonds is 2. The molecule has 0 heterocycles.